The van der Waals surface area contributed by atoms with Crippen molar-refractivity contribution in [3.63, 3.8) is 0 Å². The summed E-state index contributed by atoms with van der Waals surface area (Å²) in [6.07, 6.45) is 11.2. The minimum absolute atomic E-state index is 0.375. The SMILES string of the molecule is Cc1cn(-c2cnn(C(C)C)c2)c(NC2CCCC2)n1. The van der Waals surface area contributed by atoms with Gasteiger partial charge in [-0.2, -0.15) is 5.10 Å². The lowest BCUT2D eigenvalue weighted by atomic mass is 10.2. The molecule has 0 spiro atoms. The molecule has 1 aliphatic carbocycles. The van der Waals surface area contributed by atoms with Gasteiger partial charge in [0.1, 0.15) is 0 Å². The van der Waals surface area contributed by atoms with Crippen LogP contribution in [0.2, 0.25) is 0 Å². The van der Waals surface area contributed by atoms with E-state index in [1.54, 1.807) is 0 Å². The van der Waals surface area contributed by atoms with E-state index in [-0.39, 0.29) is 0 Å². The predicted molar refractivity (Wildman–Crippen MR) is 80.3 cm³/mol. The van der Waals surface area contributed by atoms with E-state index in [2.05, 4.69) is 46.2 Å². The fourth-order valence-corrected chi connectivity index (χ4v) is 2.78. The van der Waals surface area contributed by atoms with Gasteiger partial charge >= 0.3 is 0 Å². The maximum Gasteiger partial charge on any atom is 0.208 e. The van der Waals surface area contributed by atoms with Crippen LogP contribution in [0.4, 0.5) is 5.95 Å². The lowest BCUT2D eigenvalue weighted by Gasteiger charge is -2.13. The van der Waals surface area contributed by atoms with Crippen LogP contribution in [0.1, 0.15) is 51.3 Å². The molecule has 1 saturated carbocycles. The summed E-state index contributed by atoms with van der Waals surface area (Å²) in [6.45, 7) is 6.30. The van der Waals surface area contributed by atoms with E-state index in [1.165, 1.54) is 25.7 Å². The summed E-state index contributed by atoms with van der Waals surface area (Å²) in [5.41, 5.74) is 2.10. The third-order valence-corrected chi connectivity index (χ3v) is 3.91. The zero-order valence-electron chi connectivity index (χ0n) is 12.5. The van der Waals surface area contributed by atoms with Crippen molar-refractivity contribution in [1.29, 1.82) is 0 Å². The number of hydrogen-bond donors (Lipinski definition) is 1. The second kappa shape index (κ2) is 5.31. The first kappa shape index (κ1) is 13.2. The van der Waals surface area contributed by atoms with Crippen LogP contribution >= 0.6 is 0 Å². The van der Waals surface area contributed by atoms with Crippen molar-refractivity contribution in [2.45, 2.75) is 58.5 Å². The van der Waals surface area contributed by atoms with Crippen LogP contribution in [0, 0.1) is 6.92 Å². The quantitative estimate of drug-likeness (QED) is 0.929. The Kier molecular flexibility index (Phi) is 3.51. The molecular formula is C15H23N5. The Bertz CT molecular complexity index is 575. The molecule has 0 unspecified atom stereocenters. The summed E-state index contributed by atoms with van der Waals surface area (Å²) in [5.74, 6) is 0.942. The minimum Gasteiger partial charge on any atom is -0.353 e. The minimum atomic E-state index is 0.375. The Morgan fingerprint density at radius 3 is 2.65 bits per heavy atom. The smallest absolute Gasteiger partial charge is 0.208 e. The molecule has 2 heterocycles. The number of hydrogen-bond acceptors (Lipinski definition) is 3. The fourth-order valence-electron chi connectivity index (χ4n) is 2.78. The molecule has 0 radical (unpaired) electrons. The Morgan fingerprint density at radius 2 is 2.00 bits per heavy atom. The van der Waals surface area contributed by atoms with Crippen LogP contribution in [0.15, 0.2) is 18.6 Å². The van der Waals surface area contributed by atoms with Gasteiger partial charge in [-0.1, -0.05) is 12.8 Å². The van der Waals surface area contributed by atoms with E-state index in [9.17, 15) is 0 Å². The molecule has 0 bridgehead atoms. The van der Waals surface area contributed by atoms with Crippen LogP contribution in [-0.2, 0) is 0 Å². The highest BCUT2D eigenvalue weighted by Gasteiger charge is 2.18. The van der Waals surface area contributed by atoms with E-state index in [1.807, 2.05) is 17.8 Å². The number of aryl methyl sites for hydroxylation is 1. The predicted octanol–water partition coefficient (Wildman–Crippen LogP) is 3.31. The molecule has 108 valence electrons. The highest BCUT2D eigenvalue weighted by Crippen LogP contribution is 2.24. The van der Waals surface area contributed by atoms with E-state index in [0.717, 1.165) is 17.3 Å². The van der Waals surface area contributed by atoms with Gasteiger partial charge in [-0.05, 0) is 33.6 Å². The largest absolute Gasteiger partial charge is 0.353 e. The lowest BCUT2D eigenvalue weighted by Crippen LogP contribution is -2.17. The summed E-state index contributed by atoms with van der Waals surface area (Å²) < 4.78 is 4.09. The molecule has 0 aliphatic heterocycles. The van der Waals surface area contributed by atoms with Crippen molar-refractivity contribution >= 4 is 5.95 Å². The molecule has 5 heteroatoms. The van der Waals surface area contributed by atoms with Crippen LogP contribution in [0.25, 0.3) is 5.69 Å². The van der Waals surface area contributed by atoms with Gasteiger partial charge in [0.2, 0.25) is 5.95 Å². The van der Waals surface area contributed by atoms with Crippen molar-refractivity contribution in [2.75, 3.05) is 5.32 Å². The fraction of sp³-hybridized carbons (Fsp3) is 0.600. The molecule has 1 fully saturated rings. The zero-order chi connectivity index (χ0) is 14.1. The molecule has 0 atom stereocenters. The van der Waals surface area contributed by atoms with Gasteiger partial charge in [0.05, 0.1) is 17.6 Å². The molecule has 2 aromatic rings. The number of imidazole rings is 1. The maximum atomic E-state index is 4.62. The van der Waals surface area contributed by atoms with Crippen molar-refractivity contribution in [3.8, 4) is 5.69 Å². The Balaban J connectivity index is 1.87. The van der Waals surface area contributed by atoms with Crippen LogP contribution < -0.4 is 5.32 Å². The Morgan fingerprint density at radius 1 is 1.25 bits per heavy atom. The van der Waals surface area contributed by atoms with Gasteiger partial charge in [0.25, 0.3) is 0 Å². The van der Waals surface area contributed by atoms with Crippen molar-refractivity contribution in [3.05, 3.63) is 24.3 Å². The topological polar surface area (TPSA) is 47.7 Å². The molecule has 5 nitrogen and oxygen atoms in total. The monoisotopic (exact) mass is 273 g/mol. The Hall–Kier alpha value is -1.78. The highest BCUT2D eigenvalue weighted by molar-refractivity contribution is 5.41. The van der Waals surface area contributed by atoms with Gasteiger partial charge in [0, 0.05) is 24.5 Å². The van der Waals surface area contributed by atoms with Crippen molar-refractivity contribution in [1.82, 2.24) is 19.3 Å². The first-order valence-electron chi connectivity index (χ1n) is 7.50. The van der Waals surface area contributed by atoms with Gasteiger partial charge in [0.15, 0.2) is 0 Å². The van der Waals surface area contributed by atoms with Crippen molar-refractivity contribution in [2.24, 2.45) is 0 Å². The van der Waals surface area contributed by atoms with E-state index in [0.29, 0.717) is 12.1 Å². The Labute approximate surface area is 120 Å². The van der Waals surface area contributed by atoms with E-state index < -0.39 is 0 Å². The molecule has 0 amide bonds. The summed E-state index contributed by atoms with van der Waals surface area (Å²) in [6, 6.07) is 0.940. The average Bonchev–Trinajstić information content (AvgIpc) is 3.10. The molecule has 0 saturated heterocycles. The van der Waals surface area contributed by atoms with E-state index in [4.69, 9.17) is 0 Å². The highest BCUT2D eigenvalue weighted by atomic mass is 15.3. The summed E-state index contributed by atoms with van der Waals surface area (Å²) >= 11 is 0. The first-order chi connectivity index (χ1) is 9.63. The maximum absolute atomic E-state index is 4.62. The molecule has 1 N–H and O–H groups in total. The van der Waals surface area contributed by atoms with Crippen LogP contribution in [0.3, 0.4) is 0 Å². The van der Waals surface area contributed by atoms with Gasteiger partial charge < -0.3 is 5.32 Å². The third-order valence-electron chi connectivity index (χ3n) is 3.91. The van der Waals surface area contributed by atoms with Gasteiger partial charge in [-0.25, -0.2) is 4.98 Å². The summed E-state index contributed by atoms with van der Waals surface area (Å²) in [7, 11) is 0. The standard InChI is InChI=1S/C15H23N5/c1-11(2)20-10-14(8-16-20)19-9-12(3)17-15(19)18-13-6-4-5-7-13/h8-11,13H,4-7H2,1-3H3,(H,17,18). The first-order valence-corrected chi connectivity index (χ1v) is 7.50. The van der Waals surface area contributed by atoms with Gasteiger partial charge in [-0.3, -0.25) is 9.25 Å². The summed E-state index contributed by atoms with van der Waals surface area (Å²) in [5, 5.41) is 8.00. The molecule has 3 rings (SSSR count). The number of rotatable bonds is 4. The van der Waals surface area contributed by atoms with Crippen molar-refractivity contribution < 1.29 is 0 Å². The third kappa shape index (κ3) is 2.57. The average molecular weight is 273 g/mol. The molecule has 2 aromatic heterocycles. The lowest BCUT2D eigenvalue weighted by molar-refractivity contribution is 0.532. The van der Waals surface area contributed by atoms with Crippen LogP contribution in [-0.4, -0.2) is 25.4 Å². The second-order valence-electron chi connectivity index (χ2n) is 5.97. The molecule has 1 aliphatic rings. The number of nitrogens with zero attached hydrogens (tertiary/aromatic N) is 4. The van der Waals surface area contributed by atoms with Gasteiger partial charge in [-0.15, -0.1) is 0 Å². The molecule has 0 aromatic carbocycles. The zero-order valence-corrected chi connectivity index (χ0v) is 12.5. The summed E-state index contributed by atoms with van der Waals surface area (Å²) in [4.78, 5) is 4.62. The number of nitrogens with one attached hydrogen (secondary N) is 1. The molecule has 20 heavy (non-hydrogen) atoms. The van der Waals surface area contributed by atoms with E-state index >= 15 is 0 Å². The molecular weight excluding hydrogens is 250 g/mol. The second-order valence-corrected chi connectivity index (χ2v) is 5.97. The number of aromatic nitrogens is 4. The normalized spacial score (nSPS) is 16.2. The number of anilines is 1. The van der Waals surface area contributed by atoms with Crippen LogP contribution in [0.5, 0.6) is 0 Å².